The number of carbonyl (C=O) groups excluding carboxylic acids is 4. The number of hydrogen-bond acceptors (Lipinski definition) is 9. The van der Waals surface area contributed by atoms with Crippen molar-refractivity contribution >= 4 is 29.6 Å². The first-order valence-corrected chi connectivity index (χ1v) is 19.6. The Labute approximate surface area is 316 Å². The molecule has 0 aliphatic heterocycles. The van der Waals surface area contributed by atoms with Crippen LogP contribution in [0, 0.1) is 0 Å². The summed E-state index contributed by atoms with van der Waals surface area (Å²) in [6, 6.07) is 23.3. The first-order chi connectivity index (χ1) is 25.9. The first-order valence-electron chi connectivity index (χ1n) is 19.6. The van der Waals surface area contributed by atoms with Gasteiger partial charge >= 0.3 is 23.9 Å². The fourth-order valence-corrected chi connectivity index (χ4v) is 5.78. The van der Waals surface area contributed by atoms with Crippen LogP contribution in [0.4, 0.5) is 5.69 Å². The summed E-state index contributed by atoms with van der Waals surface area (Å²) in [6.07, 6.45) is 15.3. The maximum atomic E-state index is 13.1. The molecule has 0 bridgehead atoms. The molecule has 0 aromatic heterocycles. The summed E-state index contributed by atoms with van der Waals surface area (Å²) in [6.45, 7) is 3.94. The van der Waals surface area contributed by atoms with Crippen molar-refractivity contribution in [1.82, 2.24) is 0 Å². The maximum Gasteiger partial charge on any atom is 0.325 e. The summed E-state index contributed by atoms with van der Waals surface area (Å²) >= 11 is 0. The average molecular weight is 730 g/mol. The molecule has 0 N–H and O–H groups in total. The van der Waals surface area contributed by atoms with Crippen molar-refractivity contribution in [3.8, 4) is 11.5 Å². The normalized spacial score (nSPS) is 10.8. The highest BCUT2D eigenvalue weighted by Gasteiger charge is 2.22. The second-order valence-corrected chi connectivity index (χ2v) is 13.5. The molecule has 0 saturated heterocycles. The molecule has 288 valence electrons. The van der Waals surface area contributed by atoms with Crippen molar-refractivity contribution in [3.63, 3.8) is 0 Å². The summed E-state index contributed by atoms with van der Waals surface area (Å²) in [5, 5.41) is 0. The molecule has 53 heavy (non-hydrogen) atoms. The number of unbranched alkanes of at least 4 members (excludes halogenated alkanes) is 12. The zero-order chi connectivity index (χ0) is 37.9. The monoisotopic (exact) mass is 729 g/mol. The zero-order valence-electron chi connectivity index (χ0n) is 31.9. The quantitative estimate of drug-likeness (QED) is 0.0430. The van der Waals surface area contributed by atoms with Crippen molar-refractivity contribution in [3.05, 3.63) is 90.0 Å². The molecule has 0 unspecified atom stereocenters. The lowest BCUT2D eigenvalue weighted by atomic mass is 10.1. The number of ether oxygens (including phenoxy) is 4. The summed E-state index contributed by atoms with van der Waals surface area (Å²) in [4.78, 5) is 53.6. The maximum absolute atomic E-state index is 13.1. The number of hydrogen-bond donors (Lipinski definition) is 0. The van der Waals surface area contributed by atoms with E-state index < -0.39 is 23.9 Å². The van der Waals surface area contributed by atoms with Gasteiger partial charge in [0.05, 0.1) is 0 Å². The third kappa shape index (κ3) is 18.6. The predicted molar refractivity (Wildman–Crippen MR) is 208 cm³/mol. The lowest BCUT2D eigenvalue weighted by molar-refractivity contribution is -0.144. The van der Waals surface area contributed by atoms with Crippen LogP contribution in [-0.4, -0.2) is 37.0 Å². The van der Waals surface area contributed by atoms with E-state index in [9.17, 15) is 19.2 Å². The number of benzene rings is 3. The first kappa shape index (κ1) is 42.8. The van der Waals surface area contributed by atoms with Gasteiger partial charge in [-0.2, -0.15) is 0 Å². The molecule has 0 saturated carbocycles. The van der Waals surface area contributed by atoms with Gasteiger partial charge in [-0.1, -0.05) is 152 Å². The third-order valence-corrected chi connectivity index (χ3v) is 8.83. The summed E-state index contributed by atoms with van der Waals surface area (Å²) < 4.78 is 22.6. The molecule has 0 fully saturated rings. The molecule has 0 amide bonds. The number of anilines is 1. The third-order valence-electron chi connectivity index (χ3n) is 8.83. The van der Waals surface area contributed by atoms with Crippen molar-refractivity contribution in [2.75, 3.05) is 18.0 Å². The average Bonchev–Trinajstić information content (AvgIpc) is 3.17. The number of carbonyl (C=O) groups is 4. The van der Waals surface area contributed by atoms with E-state index in [-0.39, 0.29) is 50.6 Å². The molecule has 9 heteroatoms. The van der Waals surface area contributed by atoms with Crippen molar-refractivity contribution in [1.29, 1.82) is 0 Å². The highest BCUT2D eigenvalue weighted by Crippen LogP contribution is 2.33. The van der Waals surface area contributed by atoms with Gasteiger partial charge in [0.15, 0.2) is 11.5 Å². The SMILES string of the molecule is CCCCCCCCCC(=O)Oc1ccc(N(CC(=O)OCc2ccccc2)CC(=O)OCc2ccccc2)cc1OC(=O)CCCCCCCCC. The Balaban J connectivity index is 1.75. The smallest absolute Gasteiger partial charge is 0.325 e. The highest BCUT2D eigenvalue weighted by atomic mass is 16.6. The van der Waals surface area contributed by atoms with E-state index in [2.05, 4.69) is 13.8 Å². The van der Waals surface area contributed by atoms with E-state index in [4.69, 9.17) is 18.9 Å². The minimum atomic E-state index is -0.563. The molecule has 3 aromatic rings. The van der Waals surface area contributed by atoms with Gasteiger partial charge in [0.2, 0.25) is 0 Å². The van der Waals surface area contributed by atoms with Crippen LogP contribution in [0.2, 0.25) is 0 Å². The number of rotatable bonds is 27. The summed E-state index contributed by atoms with van der Waals surface area (Å²) in [5.74, 6) is -1.84. The van der Waals surface area contributed by atoms with E-state index in [1.165, 1.54) is 55.6 Å². The fourth-order valence-electron chi connectivity index (χ4n) is 5.78. The van der Waals surface area contributed by atoms with Gasteiger partial charge < -0.3 is 23.8 Å². The Morgan fingerprint density at radius 3 is 1.34 bits per heavy atom. The van der Waals surface area contributed by atoms with Crippen LogP contribution < -0.4 is 14.4 Å². The van der Waals surface area contributed by atoms with Crippen LogP contribution in [0.25, 0.3) is 0 Å². The number of nitrogens with zero attached hydrogens (tertiary/aromatic N) is 1. The van der Waals surface area contributed by atoms with E-state index in [1.807, 2.05) is 60.7 Å². The van der Waals surface area contributed by atoms with Gasteiger partial charge in [0.1, 0.15) is 26.3 Å². The van der Waals surface area contributed by atoms with E-state index in [0.29, 0.717) is 18.5 Å². The van der Waals surface area contributed by atoms with Crippen LogP contribution in [0.5, 0.6) is 11.5 Å². The van der Waals surface area contributed by atoms with Gasteiger partial charge in [-0.25, -0.2) is 0 Å². The summed E-state index contributed by atoms with van der Waals surface area (Å²) in [7, 11) is 0. The van der Waals surface area contributed by atoms with E-state index in [0.717, 1.165) is 49.7 Å². The van der Waals surface area contributed by atoms with Gasteiger partial charge in [-0.3, -0.25) is 19.2 Å². The zero-order valence-corrected chi connectivity index (χ0v) is 31.9. The van der Waals surface area contributed by atoms with Crippen molar-refractivity contribution in [2.45, 2.75) is 130 Å². The second-order valence-electron chi connectivity index (χ2n) is 13.5. The Morgan fingerprint density at radius 2 is 0.887 bits per heavy atom. The van der Waals surface area contributed by atoms with E-state index in [1.54, 1.807) is 6.07 Å². The topological polar surface area (TPSA) is 108 Å². The molecular formula is C44H59NO8. The highest BCUT2D eigenvalue weighted by molar-refractivity contribution is 5.83. The van der Waals surface area contributed by atoms with Gasteiger partial charge in [-0.05, 0) is 36.1 Å². The molecule has 0 spiro atoms. The molecule has 0 radical (unpaired) electrons. The van der Waals surface area contributed by atoms with Crippen LogP contribution in [0.1, 0.15) is 128 Å². The molecule has 3 aromatic carbocycles. The second kappa shape index (κ2) is 26.2. The van der Waals surface area contributed by atoms with Crippen molar-refractivity contribution in [2.24, 2.45) is 0 Å². The van der Waals surface area contributed by atoms with Crippen LogP contribution in [0.15, 0.2) is 78.9 Å². The molecule has 3 rings (SSSR count). The Kier molecular flexibility index (Phi) is 21.1. The predicted octanol–water partition coefficient (Wildman–Crippen LogP) is 10.1. The molecule has 0 heterocycles. The van der Waals surface area contributed by atoms with Gasteiger partial charge in [0, 0.05) is 24.6 Å². The summed E-state index contributed by atoms with van der Waals surface area (Å²) in [5.41, 5.74) is 2.05. The number of esters is 4. The van der Waals surface area contributed by atoms with Crippen molar-refractivity contribution < 1.29 is 38.1 Å². The lowest BCUT2D eigenvalue weighted by Crippen LogP contribution is -2.36. The molecule has 0 aliphatic carbocycles. The Morgan fingerprint density at radius 1 is 0.472 bits per heavy atom. The molecule has 9 nitrogen and oxygen atoms in total. The molecule has 0 aliphatic rings. The largest absolute Gasteiger partial charge is 0.459 e. The minimum absolute atomic E-state index is 0.0451. The van der Waals surface area contributed by atoms with Gasteiger partial charge in [0.25, 0.3) is 0 Å². The van der Waals surface area contributed by atoms with Gasteiger partial charge in [-0.15, -0.1) is 0 Å². The van der Waals surface area contributed by atoms with Crippen LogP contribution in [0.3, 0.4) is 0 Å². The fraction of sp³-hybridized carbons (Fsp3) is 0.500. The van der Waals surface area contributed by atoms with Crippen LogP contribution >= 0.6 is 0 Å². The standard InChI is InChI=1S/C44H59NO8/c1-3-5-7-9-11-13-21-27-41(46)52-39-30-29-38(31-40(39)53-42(47)28-22-14-12-10-8-6-4-2)45(32-43(48)50-34-36-23-17-15-18-24-36)33-44(49)51-35-37-25-19-16-20-26-37/h15-20,23-26,29-31H,3-14,21-22,27-28,32-35H2,1-2H3. The van der Waals surface area contributed by atoms with Crippen LogP contribution in [-0.2, 0) is 41.9 Å². The molecule has 0 atom stereocenters. The Bertz CT molecular complexity index is 1440. The lowest BCUT2D eigenvalue weighted by Gasteiger charge is -2.24. The Hall–Kier alpha value is -4.66. The minimum Gasteiger partial charge on any atom is -0.459 e. The molecular weight excluding hydrogens is 670 g/mol. The van der Waals surface area contributed by atoms with E-state index >= 15 is 0 Å².